The Kier molecular flexibility index (Phi) is 1.73. The van der Waals surface area contributed by atoms with Crippen LogP contribution in [-0.2, 0) is 7.05 Å². The summed E-state index contributed by atoms with van der Waals surface area (Å²) in [4.78, 5) is 0. The Morgan fingerprint density at radius 3 is 2.46 bits per heavy atom. The molecule has 2 rings (SSSR count). The van der Waals surface area contributed by atoms with Crippen molar-refractivity contribution in [3.63, 3.8) is 0 Å². The molecule has 1 heteroatoms. The lowest BCUT2D eigenvalue weighted by Gasteiger charge is -1.98. The minimum atomic E-state index is 1.20. The molecular weight excluding hydrogens is 158 g/mol. The van der Waals surface area contributed by atoms with Gasteiger partial charge >= 0.3 is 0 Å². The lowest BCUT2D eigenvalue weighted by atomic mass is 10.1. The third-order valence-electron chi connectivity index (χ3n) is 2.65. The lowest BCUT2D eigenvalue weighted by Crippen LogP contribution is -1.92. The fraction of sp³-hybridized carbons (Fsp3) is 0.167. The first kappa shape index (κ1) is 8.11. The van der Waals surface area contributed by atoms with Crippen molar-refractivity contribution in [2.75, 3.05) is 0 Å². The molecule has 1 aromatic carbocycles. The van der Waals surface area contributed by atoms with Crippen molar-refractivity contribution in [1.82, 2.24) is 4.57 Å². The Balaban J connectivity index is 2.98. The summed E-state index contributed by atoms with van der Waals surface area (Å²) in [6.45, 7) is 5.97. The molecule has 1 nitrogen and oxygen atoms in total. The number of hydrogen-bond donors (Lipinski definition) is 0. The van der Waals surface area contributed by atoms with E-state index in [1.54, 1.807) is 0 Å². The average molecular weight is 171 g/mol. The SMILES string of the molecule is C=Cc1c2ccccc2c(C)n1C. The third-order valence-corrected chi connectivity index (χ3v) is 2.65. The number of benzene rings is 1. The molecule has 0 spiro atoms. The van der Waals surface area contributed by atoms with E-state index in [0.717, 1.165) is 0 Å². The summed E-state index contributed by atoms with van der Waals surface area (Å²) >= 11 is 0. The van der Waals surface area contributed by atoms with Gasteiger partial charge in [0.2, 0.25) is 0 Å². The maximum absolute atomic E-state index is 3.83. The van der Waals surface area contributed by atoms with Crippen LogP contribution in [0.1, 0.15) is 11.4 Å². The van der Waals surface area contributed by atoms with E-state index in [9.17, 15) is 0 Å². The van der Waals surface area contributed by atoms with Gasteiger partial charge in [0.1, 0.15) is 0 Å². The van der Waals surface area contributed by atoms with Gasteiger partial charge in [-0.05, 0) is 13.0 Å². The van der Waals surface area contributed by atoms with E-state index in [1.807, 2.05) is 6.08 Å². The molecule has 0 aliphatic rings. The van der Waals surface area contributed by atoms with Crippen LogP contribution in [0.2, 0.25) is 0 Å². The van der Waals surface area contributed by atoms with Crippen molar-refractivity contribution < 1.29 is 0 Å². The molecule has 0 aliphatic heterocycles. The highest BCUT2D eigenvalue weighted by molar-refractivity contribution is 5.92. The molecule has 0 N–H and O–H groups in total. The molecule has 0 unspecified atom stereocenters. The largest absolute Gasteiger partial charge is 0.347 e. The molecule has 0 fully saturated rings. The second kappa shape index (κ2) is 2.77. The quantitative estimate of drug-likeness (QED) is 0.621. The van der Waals surface area contributed by atoms with Gasteiger partial charge in [0.15, 0.2) is 0 Å². The van der Waals surface area contributed by atoms with E-state index >= 15 is 0 Å². The zero-order valence-electron chi connectivity index (χ0n) is 8.04. The molecule has 0 atom stereocenters. The molecule has 1 aromatic heterocycles. The Hall–Kier alpha value is -1.50. The average Bonchev–Trinajstić information content (AvgIpc) is 2.41. The normalized spacial score (nSPS) is 10.6. The van der Waals surface area contributed by atoms with Crippen molar-refractivity contribution in [2.24, 2.45) is 7.05 Å². The Morgan fingerprint density at radius 2 is 1.85 bits per heavy atom. The number of aromatic nitrogens is 1. The molecule has 0 bridgehead atoms. The molecule has 0 radical (unpaired) electrons. The molecule has 13 heavy (non-hydrogen) atoms. The number of fused-ring (bicyclic) bond motifs is 1. The van der Waals surface area contributed by atoms with Crippen molar-refractivity contribution in [1.29, 1.82) is 0 Å². The highest BCUT2D eigenvalue weighted by atomic mass is 14.9. The van der Waals surface area contributed by atoms with E-state index in [2.05, 4.69) is 49.4 Å². The molecule has 0 aliphatic carbocycles. The first-order valence-corrected chi connectivity index (χ1v) is 4.42. The summed E-state index contributed by atoms with van der Waals surface area (Å²) in [7, 11) is 2.08. The number of rotatable bonds is 1. The minimum absolute atomic E-state index is 1.20. The fourth-order valence-corrected chi connectivity index (χ4v) is 1.81. The van der Waals surface area contributed by atoms with Gasteiger partial charge in [0.25, 0.3) is 0 Å². The molecule has 66 valence electrons. The highest BCUT2D eigenvalue weighted by Crippen LogP contribution is 2.25. The van der Waals surface area contributed by atoms with E-state index < -0.39 is 0 Å². The first-order chi connectivity index (χ1) is 6.25. The summed E-state index contributed by atoms with van der Waals surface area (Å²) in [6.07, 6.45) is 1.91. The van der Waals surface area contributed by atoms with Crippen LogP contribution in [-0.4, -0.2) is 4.57 Å². The molecule has 2 aromatic rings. The molecule has 0 saturated heterocycles. The number of hydrogen-bond acceptors (Lipinski definition) is 0. The summed E-state index contributed by atoms with van der Waals surface area (Å²) in [5, 5.41) is 2.61. The van der Waals surface area contributed by atoms with Crippen molar-refractivity contribution in [2.45, 2.75) is 6.92 Å². The topological polar surface area (TPSA) is 4.93 Å². The van der Waals surface area contributed by atoms with Crippen LogP contribution in [0.15, 0.2) is 30.8 Å². The zero-order chi connectivity index (χ0) is 9.42. The lowest BCUT2D eigenvalue weighted by molar-refractivity contribution is 0.878. The predicted octanol–water partition coefficient (Wildman–Crippen LogP) is 3.13. The summed E-state index contributed by atoms with van der Waals surface area (Å²) in [5.41, 5.74) is 2.50. The minimum Gasteiger partial charge on any atom is -0.347 e. The van der Waals surface area contributed by atoms with Gasteiger partial charge in [0.05, 0.1) is 0 Å². The van der Waals surface area contributed by atoms with Crippen LogP contribution in [0.5, 0.6) is 0 Å². The second-order valence-corrected chi connectivity index (χ2v) is 3.28. The van der Waals surface area contributed by atoms with E-state index in [4.69, 9.17) is 0 Å². The van der Waals surface area contributed by atoms with Crippen molar-refractivity contribution in [3.8, 4) is 0 Å². The zero-order valence-corrected chi connectivity index (χ0v) is 8.04. The van der Waals surface area contributed by atoms with E-state index in [0.29, 0.717) is 0 Å². The summed E-state index contributed by atoms with van der Waals surface area (Å²) in [6, 6.07) is 8.42. The monoisotopic (exact) mass is 171 g/mol. The fourth-order valence-electron chi connectivity index (χ4n) is 1.81. The number of aryl methyl sites for hydroxylation is 1. The van der Waals surface area contributed by atoms with Crippen LogP contribution < -0.4 is 0 Å². The smallest absolute Gasteiger partial charge is 0.0480 e. The van der Waals surface area contributed by atoms with Crippen molar-refractivity contribution in [3.05, 3.63) is 42.2 Å². The van der Waals surface area contributed by atoms with Gasteiger partial charge in [0, 0.05) is 29.2 Å². The van der Waals surface area contributed by atoms with E-state index in [-0.39, 0.29) is 0 Å². The van der Waals surface area contributed by atoms with Gasteiger partial charge in [-0.2, -0.15) is 0 Å². The van der Waals surface area contributed by atoms with Crippen LogP contribution in [0.25, 0.3) is 16.8 Å². The van der Waals surface area contributed by atoms with Gasteiger partial charge in [-0.15, -0.1) is 0 Å². The van der Waals surface area contributed by atoms with Crippen molar-refractivity contribution >= 4 is 16.8 Å². The molecule has 1 heterocycles. The maximum Gasteiger partial charge on any atom is 0.0480 e. The Bertz CT molecular complexity index is 463. The van der Waals surface area contributed by atoms with Crippen LogP contribution >= 0.6 is 0 Å². The van der Waals surface area contributed by atoms with Crippen LogP contribution in [0.4, 0.5) is 0 Å². The molecular formula is C12H13N. The Labute approximate surface area is 78.3 Å². The third kappa shape index (κ3) is 1.00. The maximum atomic E-state index is 3.83. The summed E-state index contributed by atoms with van der Waals surface area (Å²) < 4.78 is 2.18. The molecule has 0 saturated carbocycles. The number of nitrogens with zero attached hydrogens (tertiary/aromatic N) is 1. The van der Waals surface area contributed by atoms with Crippen LogP contribution in [0.3, 0.4) is 0 Å². The highest BCUT2D eigenvalue weighted by Gasteiger charge is 2.06. The second-order valence-electron chi connectivity index (χ2n) is 3.28. The predicted molar refractivity (Wildman–Crippen MR) is 57.7 cm³/mol. The van der Waals surface area contributed by atoms with Gasteiger partial charge in [-0.1, -0.05) is 30.8 Å². The molecule has 0 amide bonds. The van der Waals surface area contributed by atoms with Gasteiger partial charge in [-0.3, -0.25) is 0 Å². The first-order valence-electron chi connectivity index (χ1n) is 4.42. The Morgan fingerprint density at radius 1 is 1.23 bits per heavy atom. The van der Waals surface area contributed by atoms with Crippen LogP contribution in [0, 0.1) is 6.92 Å². The standard InChI is InChI=1S/C12H13N/c1-4-12-11-8-6-5-7-10(11)9(2)13(12)3/h4-8H,1H2,2-3H3. The summed E-state index contributed by atoms with van der Waals surface area (Å²) in [5.74, 6) is 0. The van der Waals surface area contributed by atoms with Gasteiger partial charge in [-0.25, -0.2) is 0 Å². The van der Waals surface area contributed by atoms with E-state index in [1.165, 1.54) is 22.2 Å². The van der Waals surface area contributed by atoms with Gasteiger partial charge < -0.3 is 4.57 Å².